The smallest absolute Gasteiger partial charge is 0.258 e. The zero-order chi connectivity index (χ0) is 16.2. The van der Waals surface area contributed by atoms with Gasteiger partial charge in [0.1, 0.15) is 5.75 Å². The molecule has 0 aliphatic carbocycles. The number of carbonyl (C=O) groups is 2. The number of carbonyl (C=O) groups excluding carboxylic acids is 2. The van der Waals surface area contributed by atoms with Gasteiger partial charge in [-0.05, 0) is 30.5 Å². The predicted molar refractivity (Wildman–Crippen MR) is 86.9 cm³/mol. The molecule has 1 aromatic rings. The van der Waals surface area contributed by atoms with E-state index < -0.39 is 0 Å². The van der Waals surface area contributed by atoms with Gasteiger partial charge < -0.3 is 15.4 Å². The van der Waals surface area contributed by atoms with Gasteiger partial charge in [-0.15, -0.1) is 0 Å². The van der Waals surface area contributed by atoms with Crippen LogP contribution in [-0.2, 0) is 16.0 Å². The third-order valence-corrected chi connectivity index (χ3v) is 3.08. The van der Waals surface area contributed by atoms with Gasteiger partial charge in [-0.1, -0.05) is 32.4 Å². The van der Waals surface area contributed by atoms with Gasteiger partial charge in [-0.2, -0.15) is 0 Å². The Hall–Kier alpha value is -2.04. The molecule has 0 heterocycles. The molecule has 0 atom stereocenters. The van der Waals surface area contributed by atoms with Crippen LogP contribution in [0.4, 0.5) is 0 Å². The zero-order valence-corrected chi connectivity index (χ0v) is 13.5. The minimum absolute atomic E-state index is 0.0140. The highest BCUT2D eigenvalue weighted by atomic mass is 16.5. The van der Waals surface area contributed by atoms with E-state index in [2.05, 4.69) is 17.6 Å². The van der Waals surface area contributed by atoms with Crippen LogP contribution in [0.2, 0.25) is 0 Å². The highest BCUT2D eigenvalue weighted by Crippen LogP contribution is 2.13. The van der Waals surface area contributed by atoms with Gasteiger partial charge in [-0.3, -0.25) is 9.59 Å². The van der Waals surface area contributed by atoms with Gasteiger partial charge >= 0.3 is 0 Å². The fraction of sp³-hybridized carbons (Fsp3) is 0.529. The Labute approximate surface area is 132 Å². The molecular formula is C17H26N2O3. The Kier molecular flexibility index (Phi) is 8.72. The van der Waals surface area contributed by atoms with E-state index in [4.69, 9.17) is 4.74 Å². The second kappa shape index (κ2) is 10.7. The molecule has 1 rings (SSSR count). The van der Waals surface area contributed by atoms with Crippen LogP contribution in [0.1, 0.15) is 38.7 Å². The van der Waals surface area contributed by atoms with E-state index in [9.17, 15) is 9.59 Å². The molecule has 2 N–H and O–H groups in total. The van der Waals surface area contributed by atoms with Crippen LogP contribution in [-0.4, -0.2) is 31.5 Å². The van der Waals surface area contributed by atoms with Crippen LogP contribution in [0.15, 0.2) is 24.3 Å². The second-order valence-corrected chi connectivity index (χ2v) is 5.13. The van der Waals surface area contributed by atoms with Gasteiger partial charge in [0.15, 0.2) is 6.61 Å². The normalized spacial score (nSPS) is 10.1. The van der Waals surface area contributed by atoms with Crippen LogP contribution in [0, 0.1) is 0 Å². The summed E-state index contributed by atoms with van der Waals surface area (Å²) in [5, 5.41) is 5.44. The van der Waals surface area contributed by atoms with Gasteiger partial charge in [0.2, 0.25) is 5.91 Å². The first-order valence-corrected chi connectivity index (χ1v) is 7.90. The number of aryl methyl sites for hydroxylation is 1. The van der Waals surface area contributed by atoms with E-state index in [1.54, 1.807) is 0 Å². The summed E-state index contributed by atoms with van der Waals surface area (Å²) in [5.74, 6) is 0.508. The summed E-state index contributed by atoms with van der Waals surface area (Å²) >= 11 is 0. The number of rotatable bonds is 10. The molecule has 0 radical (unpaired) electrons. The quantitative estimate of drug-likeness (QED) is 0.650. The van der Waals surface area contributed by atoms with Gasteiger partial charge in [0, 0.05) is 19.5 Å². The number of amides is 2. The van der Waals surface area contributed by atoms with Crippen LogP contribution >= 0.6 is 0 Å². The van der Waals surface area contributed by atoms with E-state index >= 15 is 0 Å². The van der Waals surface area contributed by atoms with Crippen molar-refractivity contribution in [2.75, 3.05) is 19.7 Å². The molecule has 0 aliphatic heterocycles. The molecular weight excluding hydrogens is 280 g/mol. The fourth-order valence-corrected chi connectivity index (χ4v) is 1.96. The van der Waals surface area contributed by atoms with E-state index in [-0.39, 0.29) is 18.4 Å². The van der Waals surface area contributed by atoms with Gasteiger partial charge in [-0.25, -0.2) is 0 Å². The zero-order valence-electron chi connectivity index (χ0n) is 13.5. The summed E-state index contributed by atoms with van der Waals surface area (Å²) in [4.78, 5) is 22.8. The summed E-state index contributed by atoms with van der Waals surface area (Å²) in [5.41, 5.74) is 1.27. The largest absolute Gasteiger partial charge is 0.484 e. The van der Waals surface area contributed by atoms with E-state index in [1.807, 2.05) is 31.2 Å². The maximum atomic E-state index is 11.6. The molecule has 122 valence electrons. The molecule has 0 aliphatic rings. The first-order valence-electron chi connectivity index (χ1n) is 7.90. The lowest BCUT2D eigenvalue weighted by atomic mass is 10.1. The molecule has 0 fully saturated rings. The average molecular weight is 306 g/mol. The topological polar surface area (TPSA) is 67.4 Å². The number of hydrogen-bond acceptors (Lipinski definition) is 3. The Bertz CT molecular complexity index is 457. The summed E-state index contributed by atoms with van der Waals surface area (Å²) < 4.78 is 5.42. The number of hydrogen-bond donors (Lipinski definition) is 2. The summed E-state index contributed by atoms with van der Waals surface area (Å²) in [6, 6.07) is 7.78. The van der Waals surface area contributed by atoms with Crippen molar-refractivity contribution in [3.8, 4) is 5.75 Å². The molecule has 0 aromatic heterocycles. The first kappa shape index (κ1) is 18.0. The highest BCUT2D eigenvalue weighted by Gasteiger charge is 2.03. The monoisotopic (exact) mass is 306 g/mol. The maximum Gasteiger partial charge on any atom is 0.258 e. The van der Waals surface area contributed by atoms with Crippen molar-refractivity contribution in [2.45, 2.75) is 39.5 Å². The van der Waals surface area contributed by atoms with Crippen molar-refractivity contribution in [1.29, 1.82) is 0 Å². The molecule has 22 heavy (non-hydrogen) atoms. The van der Waals surface area contributed by atoms with Crippen molar-refractivity contribution in [2.24, 2.45) is 0 Å². The summed E-state index contributed by atoms with van der Waals surface area (Å²) in [6.45, 7) is 4.92. The fourth-order valence-electron chi connectivity index (χ4n) is 1.96. The number of ether oxygens (including phenoxy) is 1. The van der Waals surface area contributed by atoms with Gasteiger partial charge in [0.05, 0.1) is 0 Å². The molecule has 0 spiro atoms. The lowest BCUT2D eigenvalue weighted by Crippen LogP contribution is -2.36. The van der Waals surface area contributed by atoms with Crippen LogP contribution in [0.3, 0.4) is 0 Å². The standard InChI is InChI=1S/C17H26N2O3/c1-3-5-14-7-9-15(10-8-14)22-13-17(21)19-12-11-18-16(20)6-4-2/h7-10H,3-6,11-13H2,1-2H3,(H,18,20)(H,19,21). The number of nitrogens with one attached hydrogen (secondary N) is 2. The average Bonchev–Trinajstić information content (AvgIpc) is 2.51. The third kappa shape index (κ3) is 7.67. The summed E-state index contributed by atoms with van der Waals surface area (Å²) in [7, 11) is 0. The molecule has 0 saturated carbocycles. The highest BCUT2D eigenvalue weighted by molar-refractivity contribution is 5.78. The Morgan fingerprint density at radius 3 is 2.18 bits per heavy atom. The molecule has 0 unspecified atom stereocenters. The lowest BCUT2D eigenvalue weighted by Gasteiger charge is -2.09. The lowest BCUT2D eigenvalue weighted by molar-refractivity contribution is -0.124. The van der Waals surface area contributed by atoms with Crippen molar-refractivity contribution < 1.29 is 14.3 Å². The van der Waals surface area contributed by atoms with Crippen molar-refractivity contribution in [3.63, 3.8) is 0 Å². The number of benzene rings is 1. The molecule has 0 bridgehead atoms. The van der Waals surface area contributed by atoms with Crippen LogP contribution in [0.5, 0.6) is 5.75 Å². The van der Waals surface area contributed by atoms with Crippen molar-refractivity contribution >= 4 is 11.8 Å². The molecule has 2 amide bonds. The molecule has 0 saturated heterocycles. The van der Waals surface area contributed by atoms with Crippen molar-refractivity contribution in [1.82, 2.24) is 10.6 Å². The van der Waals surface area contributed by atoms with Crippen molar-refractivity contribution in [3.05, 3.63) is 29.8 Å². The maximum absolute atomic E-state index is 11.6. The first-order chi connectivity index (χ1) is 10.7. The second-order valence-electron chi connectivity index (χ2n) is 5.13. The van der Waals surface area contributed by atoms with Crippen LogP contribution in [0.25, 0.3) is 0 Å². The van der Waals surface area contributed by atoms with Gasteiger partial charge in [0.25, 0.3) is 5.91 Å². The molecule has 5 nitrogen and oxygen atoms in total. The van der Waals surface area contributed by atoms with Crippen LogP contribution < -0.4 is 15.4 Å². The Balaban J connectivity index is 2.16. The Morgan fingerprint density at radius 1 is 0.955 bits per heavy atom. The minimum Gasteiger partial charge on any atom is -0.484 e. The third-order valence-electron chi connectivity index (χ3n) is 3.08. The minimum atomic E-state index is -0.192. The predicted octanol–water partition coefficient (Wildman–Crippen LogP) is 2.05. The SMILES string of the molecule is CCCC(=O)NCCNC(=O)COc1ccc(CCC)cc1. The Morgan fingerprint density at radius 2 is 1.59 bits per heavy atom. The van der Waals surface area contributed by atoms with E-state index in [0.717, 1.165) is 19.3 Å². The van der Waals surface area contributed by atoms with E-state index in [0.29, 0.717) is 25.3 Å². The summed E-state index contributed by atoms with van der Waals surface area (Å²) in [6.07, 6.45) is 3.50. The van der Waals surface area contributed by atoms with E-state index in [1.165, 1.54) is 5.56 Å². The molecule has 5 heteroatoms. The molecule has 1 aromatic carbocycles.